The Kier molecular flexibility index (Phi) is 4.84. The topological polar surface area (TPSA) is 67.6 Å². The highest BCUT2D eigenvalue weighted by atomic mass is 16.5. The molecule has 1 heterocycles. The van der Waals surface area contributed by atoms with Crippen molar-refractivity contribution >= 4 is 17.3 Å². The van der Waals surface area contributed by atoms with Crippen molar-refractivity contribution in [3.8, 4) is 5.75 Å². The Balaban J connectivity index is 1.91. The second-order valence-corrected chi connectivity index (χ2v) is 5.47. The van der Waals surface area contributed by atoms with Gasteiger partial charge in [-0.1, -0.05) is 6.92 Å². The van der Waals surface area contributed by atoms with Crippen LogP contribution >= 0.6 is 0 Å². The van der Waals surface area contributed by atoms with Gasteiger partial charge in [0.25, 0.3) is 0 Å². The van der Waals surface area contributed by atoms with Crippen LogP contribution < -0.4 is 15.8 Å². The minimum absolute atomic E-state index is 0.0115. The number of ether oxygens (including phenoxy) is 1. The van der Waals surface area contributed by atoms with E-state index in [-0.39, 0.29) is 5.91 Å². The third-order valence-electron chi connectivity index (χ3n) is 3.74. The molecule has 5 heteroatoms. The number of likely N-dealkylation sites (tertiary alicyclic amines) is 1. The molecule has 0 bridgehead atoms. The van der Waals surface area contributed by atoms with E-state index in [2.05, 4.69) is 17.1 Å². The number of nitrogens with one attached hydrogen (secondary N) is 1. The molecule has 1 aromatic carbocycles. The quantitative estimate of drug-likeness (QED) is 0.825. The molecule has 0 aliphatic carbocycles. The Hall–Kier alpha value is -1.75. The largest absolute Gasteiger partial charge is 0.494 e. The summed E-state index contributed by atoms with van der Waals surface area (Å²) in [5, 5.41) is 2.89. The second-order valence-electron chi connectivity index (χ2n) is 5.47. The van der Waals surface area contributed by atoms with Crippen LogP contribution in [0.15, 0.2) is 18.2 Å². The molecule has 5 nitrogen and oxygen atoms in total. The SMILES string of the molecule is COc1cc(N)ccc1NC(=O)CN1CCC(C)CC1. The molecule has 1 aliphatic heterocycles. The van der Waals surface area contributed by atoms with Gasteiger partial charge in [-0.2, -0.15) is 0 Å². The highest BCUT2D eigenvalue weighted by Gasteiger charge is 2.18. The molecule has 1 aliphatic rings. The highest BCUT2D eigenvalue weighted by Crippen LogP contribution is 2.26. The number of carbonyl (C=O) groups is 1. The summed E-state index contributed by atoms with van der Waals surface area (Å²) in [5.41, 5.74) is 6.97. The van der Waals surface area contributed by atoms with E-state index in [4.69, 9.17) is 10.5 Å². The molecule has 3 N–H and O–H groups in total. The van der Waals surface area contributed by atoms with Gasteiger partial charge in [0.15, 0.2) is 0 Å². The first-order valence-electron chi connectivity index (χ1n) is 7.04. The van der Waals surface area contributed by atoms with Gasteiger partial charge in [0.1, 0.15) is 5.75 Å². The molecule has 0 saturated carbocycles. The third-order valence-corrected chi connectivity index (χ3v) is 3.74. The van der Waals surface area contributed by atoms with Gasteiger partial charge in [-0.25, -0.2) is 0 Å². The monoisotopic (exact) mass is 277 g/mol. The maximum atomic E-state index is 12.1. The molecule has 0 radical (unpaired) electrons. The van der Waals surface area contributed by atoms with E-state index in [0.29, 0.717) is 23.7 Å². The number of nitrogens with two attached hydrogens (primary N) is 1. The van der Waals surface area contributed by atoms with Crippen LogP contribution in [0.1, 0.15) is 19.8 Å². The molecule has 1 amide bonds. The van der Waals surface area contributed by atoms with Gasteiger partial charge >= 0.3 is 0 Å². The molecule has 0 atom stereocenters. The standard InChI is InChI=1S/C15H23N3O2/c1-11-5-7-18(8-6-11)10-15(19)17-13-4-3-12(16)9-14(13)20-2/h3-4,9,11H,5-8,10,16H2,1-2H3,(H,17,19). The average molecular weight is 277 g/mol. The second kappa shape index (κ2) is 6.61. The van der Waals surface area contributed by atoms with Crippen molar-refractivity contribution < 1.29 is 9.53 Å². The van der Waals surface area contributed by atoms with E-state index >= 15 is 0 Å². The van der Waals surface area contributed by atoms with Crippen molar-refractivity contribution in [2.75, 3.05) is 37.8 Å². The van der Waals surface area contributed by atoms with Gasteiger partial charge in [-0.05, 0) is 44.0 Å². The number of methoxy groups -OCH3 is 1. The number of nitrogens with zero attached hydrogens (tertiary/aromatic N) is 1. The zero-order chi connectivity index (χ0) is 14.5. The van der Waals surface area contributed by atoms with Crippen LogP contribution in [0.2, 0.25) is 0 Å². The van der Waals surface area contributed by atoms with E-state index in [1.165, 1.54) is 12.8 Å². The summed E-state index contributed by atoms with van der Waals surface area (Å²) in [5.74, 6) is 1.35. The maximum Gasteiger partial charge on any atom is 0.238 e. The van der Waals surface area contributed by atoms with Crippen LogP contribution in [0, 0.1) is 5.92 Å². The maximum absolute atomic E-state index is 12.1. The number of hydrogen-bond acceptors (Lipinski definition) is 4. The molecule has 1 fully saturated rings. The summed E-state index contributed by atoms with van der Waals surface area (Å²) in [4.78, 5) is 14.3. The number of amides is 1. The zero-order valence-electron chi connectivity index (χ0n) is 12.2. The number of rotatable bonds is 4. The van der Waals surface area contributed by atoms with Gasteiger partial charge in [0, 0.05) is 11.8 Å². The molecule has 20 heavy (non-hydrogen) atoms. The fourth-order valence-corrected chi connectivity index (χ4v) is 2.42. The van der Waals surface area contributed by atoms with Gasteiger partial charge in [0.2, 0.25) is 5.91 Å². The normalized spacial score (nSPS) is 16.9. The molecular weight excluding hydrogens is 254 g/mol. The van der Waals surface area contributed by atoms with Crippen molar-refractivity contribution in [2.45, 2.75) is 19.8 Å². The van der Waals surface area contributed by atoms with E-state index in [9.17, 15) is 4.79 Å². The highest BCUT2D eigenvalue weighted by molar-refractivity contribution is 5.94. The lowest BCUT2D eigenvalue weighted by atomic mass is 9.99. The Labute approximate surface area is 120 Å². The van der Waals surface area contributed by atoms with Gasteiger partial charge in [0.05, 0.1) is 19.3 Å². The van der Waals surface area contributed by atoms with Crippen molar-refractivity contribution in [3.05, 3.63) is 18.2 Å². The lowest BCUT2D eigenvalue weighted by Crippen LogP contribution is -2.38. The summed E-state index contributed by atoms with van der Waals surface area (Å²) in [6.07, 6.45) is 2.33. The van der Waals surface area contributed by atoms with Gasteiger partial charge in [-0.3, -0.25) is 9.69 Å². The Morgan fingerprint density at radius 3 is 2.80 bits per heavy atom. The fraction of sp³-hybridized carbons (Fsp3) is 0.533. The van der Waals surface area contributed by atoms with Crippen LogP contribution in [-0.2, 0) is 4.79 Å². The molecule has 2 rings (SSSR count). The average Bonchev–Trinajstić information content (AvgIpc) is 2.43. The van der Waals surface area contributed by atoms with Crippen molar-refractivity contribution in [1.29, 1.82) is 0 Å². The zero-order valence-corrected chi connectivity index (χ0v) is 12.2. The summed E-state index contributed by atoms with van der Waals surface area (Å²) in [6.45, 7) is 4.68. The first kappa shape index (κ1) is 14.7. The summed E-state index contributed by atoms with van der Waals surface area (Å²) in [7, 11) is 1.57. The molecule has 1 aromatic rings. The molecule has 0 unspecified atom stereocenters. The van der Waals surface area contributed by atoms with E-state index in [1.54, 1.807) is 25.3 Å². The van der Waals surface area contributed by atoms with Crippen LogP contribution in [0.4, 0.5) is 11.4 Å². The fourth-order valence-electron chi connectivity index (χ4n) is 2.42. The number of piperidine rings is 1. The summed E-state index contributed by atoms with van der Waals surface area (Å²) in [6, 6.07) is 5.23. The molecule has 1 saturated heterocycles. The third kappa shape index (κ3) is 3.87. The smallest absolute Gasteiger partial charge is 0.238 e. The number of carbonyl (C=O) groups excluding carboxylic acids is 1. The molecule has 0 spiro atoms. The van der Waals surface area contributed by atoms with Gasteiger partial charge < -0.3 is 15.8 Å². The van der Waals surface area contributed by atoms with Crippen molar-refractivity contribution in [2.24, 2.45) is 5.92 Å². The minimum Gasteiger partial charge on any atom is -0.494 e. The number of hydrogen-bond donors (Lipinski definition) is 2. The Morgan fingerprint density at radius 1 is 1.45 bits per heavy atom. The molecule has 0 aromatic heterocycles. The first-order chi connectivity index (χ1) is 9.58. The van der Waals surface area contributed by atoms with Gasteiger partial charge in [-0.15, -0.1) is 0 Å². The molecular formula is C15H23N3O2. The first-order valence-corrected chi connectivity index (χ1v) is 7.04. The van der Waals surface area contributed by atoms with Crippen molar-refractivity contribution in [3.63, 3.8) is 0 Å². The van der Waals surface area contributed by atoms with E-state index < -0.39 is 0 Å². The predicted octanol–water partition coefficient (Wildman–Crippen LogP) is 1.95. The molecule has 110 valence electrons. The Bertz CT molecular complexity index is 468. The van der Waals surface area contributed by atoms with Crippen LogP contribution in [0.25, 0.3) is 0 Å². The summed E-state index contributed by atoms with van der Waals surface area (Å²) < 4.78 is 5.22. The van der Waals surface area contributed by atoms with Crippen LogP contribution in [-0.4, -0.2) is 37.6 Å². The predicted molar refractivity (Wildman–Crippen MR) is 80.9 cm³/mol. The van der Waals surface area contributed by atoms with E-state index in [0.717, 1.165) is 19.0 Å². The lowest BCUT2D eigenvalue weighted by molar-refractivity contribution is -0.117. The van der Waals surface area contributed by atoms with Crippen molar-refractivity contribution in [1.82, 2.24) is 4.90 Å². The lowest BCUT2D eigenvalue weighted by Gasteiger charge is -2.29. The number of benzene rings is 1. The number of anilines is 2. The minimum atomic E-state index is -0.0115. The summed E-state index contributed by atoms with van der Waals surface area (Å²) >= 11 is 0. The van der Waals surface area contributed by atoms with Crippen LogP contribution in [0.5, 0.6) is 5.75 Å². The number of nitrogen functional groups attached to an aromatic ring is 1. The van der Waals surface area contributed by atoms with Crippen LogP contribution in [0.3, 0.4) is 0 Å². The Morgan fingerprint density at radius 2 is 2.15 bits per heavy atom. The van der Waals surface area contributed by atoms with E-state index in [1.807, 2.05) is 0 Å².